The molecule has 0 aromatic carbocycles. The van der Waals surface area contributed by atoms with E-state index in [1.807, 2.05) is 11.8 Å². The van der Waals surface area contributed by atoms with Crippen LogP contribution in [0.25, 0.3) is 0 Å². The molecule has 0 spiro atoms. The Kier molecular flexibility index (Phi) is 3.67. The first-order valence-electron chi connectivity index (χ1n) is 9.00. The summed E-state index contributed by atoms with van der Waals surface area (Å²) in [5.74, 6) is -0.171. The Balaban J connectivity index is 1.53. The van der Waals surface area contributed by atoms with E-state index in [0.717, 1.165) is 45.1 Å². The molecule has 23 heavy (non-hydrogen) atoms. The van der Waals surface area contributed by atoms with E-state index in [1.54, 1.807) is 0 Å². The molecule has 0 unspecified atom stereocenters. The summed E-state index contributed by atoms with van der Waals surface area (Å²) in [5, 5.41) is 3.31. The molecule has 4 rings (SSSR count). The predicted octanol–water partition coefficient (Wildman–Crippen LogP) is 0.513. The standard InChI is InChI=1S/C17H25N3O3/c1-10-14-13(20(15(10)21)16(22)11-5-6-11)7-9-19(14)17(23)12-4-2-3-8-18-12/h10-14,18H,2-9H2,1H3/t10-,12-,13-,14+/m1/s1. The maximum absolute atomic E-state index is 12.9. The average Bonchev–Trinajstić information content (AvgIpc) is 3.29. The van der Waals surface area contributed by atoms with Crippen molar-refractivity contribution in [3.63, 3.8) is 0 Å². The lowest BCUT2D eigenvalue weighted by atomic mass is 9.99. The van der Waals surface area contributed by atoms with Crippen LogP contribution in [-0.4, -0.2) is 58.7 Å². The van der Waals surface area contributed by atoms with Crippen molar-refractivity contribution >= 4 is 17.7 Å². The van der Waals surface area contributed by atoms with Crippen LogP contribution >= 0.6 is 0 Å². The maximum Gasteiger partial charge on any atom is 0.240 e. The van der Waals surface area contributed by atoms with E-state index in [1.165, 1.54) is 4.90 Å². The third kappa shape index (κ3) is 2.38. The molecule has 0 bridgehead atoms. The zero-order chi connectivity index (χ0) is 16.1. The lowest BCUT2D eigenvalue weighted by Gasteiger charge is -2.32. The number of nitrogens with one attached hydrogen (secondary N) is 1. The van der Waals surface area contributed by atoms with Crippen molar-refractivity contribution in [1.29, 1.82) is 0 Å². The first-order valence-corrected chi connectivity index (χ1v) is 9.00. The number of rotatable bonds is 2. The summed E-state index contributed by atoms with van der Waals surface area (Å²) in [7, 11) is 0. The van der Waals surface area contributed by atoms with Gasteiger partial charge in [-0.2, -0.15) is 0 Å². The number of likely N-dealkylation sites (tertiary alicyclic amines) is 2. The smallest absolute Gasteiger partial charge is 0.240 e. The predicted molar refractivity (Wildman–Crippen MR) is 83.3 cm³/mol. The highest BCUT2D eigenvalue weighted by Crippen LogP contribution is 2.41. The van der Waals surface area contributed by atoms with Gasteiger partial charge < -0.3 is 10.2 Å². The minimum absolute atomic E-state index is 0.000518. The van der Waals surface area contributed by atoms with Gasteiger partial charge in [0.15, 0.2) is 0 Å². The Morgan fingerprint density at radius 1 is 1.09 bits per heavy atom. The molecule has 4 aliphatic rings. The molecule has 0 radical (unpaired) electrons. The number of imide groups is 1. The molecule has 3 heterocycles. The van der Waals surface area contributed by atoms with Gasteiger partial charge in [-0.05, 0) is 38.6 Å². The van der Waals surface area contributed by atoms with Crippen LogP contribution in [0, 0.1) is 11.8 Å². The highest BCUT2D eigenvalue weighted by atomic mass is 16.2. The van der Waals surface area contributed by atoms with Gasteiger partial charge in [-0.25, -0.2) is 0 Å². The van der Waals surface area contributed by atoms with E-state index in [4.69, 9.17) is 0 Å². The van der Waals surface area contributed by atoms with Crippen molar-refractivity contribution in [2.75, 3.05) is 13.1 Å². The monoisotopic (exact) mass is 319 g/mol. The van der Waals surface area contributed by atoms with Crippen LogP contribution in [-0.2, 0) is 14.4 Å². The van der Waals surface area contributed by atoms with Gasteiger partial charge in [0.2, 0.25) is 17.7 Å². The fourth-order valence-corrected chi connectivity index (χ4v) is 4.53. The normalized spacial score (nSPS) is 37.2. The van der Waals surface area contributed by atoms with Crippen LogP contribution in [0.2, 0.25) is 0 Å². The van der Waals surface area contributed by atoms with Crippen LogP contribution in [0.4, 0.5) is 0 Å². The minimum Gasteiger partial charge on any atom is -0.335 e. The quantitative estimate of drug-likeness (QED) is 0.753. The van der Waals surface area contributed by atoms with Crippen molar-refractivity contribution in [3.05, 3.63) is 0 Å². The van der Waals surface area contributed by atoms with Crippen molar-refractivity contribution in [2.24, 2.45) is 11.8 Å². The Bertz CT molecular complexity index is 539. The first-order chi connectivity index (χ1) is 11.1. The largest absolute Gasteiger partial charge is 0.335 e. The molecule has 4 fully saturated rings. The zero-order valence-corrected chi connectivity index (χ0v) is 13.7. The average molecular weight is 319 g/mol. The molecular formula is C17H25N3O3. The number of hydrogen-bond acceptors (Lipinski definition) is 4. The fourth-order valence-electron chi connectivity index (χ4n) is 4.53. The fraction of sp³-hybridized carbons (Fsp3) is 0.824. The molecule has 3 saturated heterocycles. The number of nitrogens with zero attached hydrogens (tertiary/aromatic N) is 2. The summed E-state index contributed by atoms with van der Waals surface area (Å²) in [4.78, 5) is 41.3. The van der Waals surface area contributed by atoms with Gasteiger partial charge in [0.25, 0.3) is 0 Å². The molecule has 1 aliphatic carbocycles. The highest BCUT2D eigenvalue weighted by Gasteiger charge is 2.56. The Morgan fingerprint density at radius 3 is 2.52 bits per heavy atom. The summed E-state index contributed by atoms with van der Waals surface area (Å²) in [6.07, 6.45) is 5.62. The molecule has 126 valence electrons. The van der Waals surface area contributed by atoms with Crippen molar-refractivity contribution in [2.45, 2.75) is 63.6 Å². The summed E-state index contributed by atoms with van der Waals surface area (Å²) >= 11 is 0. The van der Waals surface area contributed by atoms with Gasteiger partial charge in [-0.15, -0.1) is 0 Å². The van der Waals surface area contributed by atoms with E-state index >= 15 is 0 Å². The van der Waals surface area contributed by atoms with Gasteiger partial charge in [0.1, 0.15) is 0 Å². The second kappa shape index (κ2) is 5.58. The molecule has 4 atom stereocenters. The van der Waals surface area contributed by atoms with Crippen LogP contribution in [0.1, 0.15) is 45.4 Å². The van der Waals surface area contributed by atoms with Crippen molar-refractivity contribution < 1.29 is 14.4 Å². The van der Waals surface area contributed by atoms with Gasteiger partial charge in [-0.3, -0.25) is 19.3 Å². The topological polar surface area (TPSA) is 69.7 Å². The van der Waals surface area contributed by atoms with Gasteiger partial charge in [0.05, 0.1) is 24.0 Å². The lowest BCUT2D eigenvalue weighted by molar-refractivity contribution is -0.145. The molecule has 6 heteroatoms. The van der Waals surface area contributed by atoms with E-state index in [9.17, 15) is 14.4 Å². The van der Waals surface area contributed by atoms with Crippen molar-refractivity contribution in [3.8, 4) is 0 Å². The van der Waals surface area contributed by atoms with Crippen LogP contribution in [0.3, 0.4) is 0 Å². The maximum atomic E-state index is 12.9. The number of carbonyl (C=O) groups excluding carboxylic acids is 3. The summed E-state index contributed by atoms with van der Waals surface area (Å²) in [5.41, 5.74) is 0. The molecule has 3 aliphatic heterocycles. The van der Waals surface area contributed by atoms with Crippen LogP contribution in [0.15, 0.2) is 0 Å². The molecule has 6 nitrogen and oxygen atoms in total. The third-order valence-corrected chi connectivity index (χ3v) is 5.95. The van der Waals surface area contributed by atoms with Gasteiger partial charge in [0, 0.05) is 12.5 Å². The summed E-state index contributed by atoms with van der Waals surface area (Å²) < 4.78 is 0. The molecule has 3 amide bonds. The minimum atomic E-state index is -0.266. The molecular weight excluding hydrogens is 294 g/mol. The van der Waals surface area contributed by atoms with Crippen LogP contribution < -0.4 is 5.32 Å². The summed E-state index contributed by atoms with van der Waals surface area (Å²) in [6.45, 7) is 3.43. The Morgan fingerprint density at radius 2 is 1.87 bits per heavy atom. The summed E-state index contributed by atoms with van der Waals surface area (Å²) in [6, 6.07) is -0.336. The van der Waals surface area contributed by atoms with E-state index in [2.05, 4.69) is 5.32 Å². The Hall–Kier alpha value is -1.43. The second-order valence-corrected chi connectivity index (χ2v) is 7.49. The van der Waals surface area contributed by atoms with Crippen molar-refractivity contribution in [1.82, 2.24) is 15.1 Å². The molecule has 1 saturated carbocycles. The first kappa shape index (κ1) is 15.1. The number of amides is 3. The Labute approximate surface area is 136 Å². The lowest BCUT2D eigenvalue weighted by Crippen LogP contribution is -2.52. The number of carbonyl (C=O) groups is 3. The number of piperidine rings is 1. The van der Waals surface area contributed by atoms with Crippen LogP contribution in [0.5, 0.6) is 0 Å². The zero-order valence-electron chi connectivity index (χ0n) is 13.7. The van der Waals surface area contributed by atoms with Gasteiger partial charge >= 0.3 is 0 Å². The van der Waals surface area contributed by atoms with E-state index in [0.29, 0.717) is 6.54 Å². The number of hydrogen-bond donors (Lipinski definition) is 1. The molecule has 0 aromatic heterocycles. The SMILES string of the molecule is C[C@H]1C(=O)N(C(=O)C2CC2)[C@@H]2CCN(C(=O)[C@H]3CCCCN3)[C@H]21. The molecule has 0 aromatic rings. The van der Waals surface area contributed by atoms with E-state index < -0.39 is 0 Å². The molecule has 1 N–H and O–H groups in total. The van der Waals surface area contributed by atoms with Gasteiger partial charge in [-0.1, -0.05) is 13.3 Å². The third-order valence-electron chi connectivity index (χ3n) is 5.95. The number of fused-ring (bicyclic) bond motifs is 1. The van der Waals surface area contributed by atoms with E-state index in [-0.39, 0.29) is 47.7 Å². The highest BCUT2D eigenvalue weighted by molar-refractivity contribution is 6.01. The second-order valence-electron chi connectivity index (χ2n) is 7.49.